The van der Waals surface area contributed by atoms with E-state index in [0.717, 1.165) is 31.0 Å². The van der Waals surface area contributed by atoms with Gasteiger partial charge in [-0.2, -0.15) is 0 Å². The number of ether oxygens (including phenoxy) is 1. The molecule has 1 atom stereocenters. The molecule has 4 heteroatoms. The molecule has 0 radical (unpaired) electrons. The molecular formula is C17H23N3O. The Morgan fingerprint density at radius 3 is 2.62 bits per heavy atom. The highest BCUT2D eigenvalue weighted by atomic mass is 16.5. The van der Waals surface area contributed by atoms with Crippen molar-refractivity contribution in [2.24, 2.45) is 0 Å². The van der Waals surface area contributed by atoms with Crippen LogP contribution in [-0.2, 0) is 6.54 Å². The van der Waals surface area contributed by atoms with Gasteiger partial charge in [0.25, 0.3) is 0 Å². The summed E-state index contributed by atoms with van der Waals surface area (Å²) in [6.45, 7) is 8.09. The van der Waals surface area contributed by atoms with E-state index in [2.05, 4.69) is 42.1 Å². The Hall–Kier alpha value is -1.94. The summed E-state index contributed by atoms with van der Waals surface area (Å²) in [6, 6.07) is 8.11. The quantitative estimate of drug-likeness (QED) is 0.838. The fourth-order valence-corrected chi connectivity index (χ4v) is 2.05. The number of nitrogens with one attached hydrogen (secondary N) is 1. The molecule has 0 aliphatic heterocycles. The predicted molar refractivity (Wildman–Crippen MR) is 84.6 cm³/mol. The van der Waals surface area contributed by atoms with Crippen molar-refractivity contribution >= 4 is 0 Å². The van der Waals surface area contributed by atoms with Gasteiger partial charge in [-0.15, -0.1) is 0 Å². The summed E-state index contributed by atoms with van der Waals surface area (Å²) in [4.78, 5) is 8.69. The zero-order valence-corrected chi connectivity index (χ0v) is 13.0. The average Bonchev–Trinajstić information content (AvgIpc) is 2.54. The summed E-state index contributed by atoms with van der Waals surface area (Å²) in [5.74, 6) is 1.86. The van der Waals surface area contributed by atoms with Gasteiger partial charge in [0.15, 0.2) is 0 Å². The summed E-state index contributed by atoms with van der Waals surface area (Å²) in [6.07, 6.45) is 4.51. The smallest absolute Gasteiger partial charge is 0.237 e. The number of para-hydroxylation sites is 1. The lowest BCUT2D eigenvalue weighted by atomic mass is 9.98. The molecule has 0 spiro atoms. The Labute approximate surface area is 126 Å². The SMILES string of the molecule is CCNCc1cnc(Oc2ccccc2C(C)CC)cn1. The molecule has 2 rings (SSSR count). The molecule has 1 aromatic carbocycles. The van der Waals surface area contributed by atoms with Crippen LogP contribution in [0.5, 0.6) is 11.6 Å². The van der Waals surface area contributed by atoms with Crippen LogP contribution in [0.25, 0.3) is 0 Å². The van der Waals surface area contributed by atoms with Gasteiger partial charge in [0.1, 0.15) is 5.75 Å². The third-order valence-corrected chi connectivity index (χ3v) is 3.51. The summed E-state index contributed by atoms with van der Waals surface area (Å²) >= 11 is 0. The van der Waals surface area contributed by atoms with Crippen LogP contribution in [0.1, 0.15) is 44.4 Å². The molecule has 0 bridgehead atoms. The van der Waals surface area contributed by atoms with E-state index in [1.165, 1.54) is 5.56 Å². The van der Waals surface area contributed by atoms with Gasteiger partial charge < -0.3 is 10.1 Å². The van der Waals surface area contributed by atoms with E-state index in [0.29, 0.717) is 11.8 Å². The monoisotopic (exact) mass is 285 g/mol. The topological polar surface area (TPSA) is 47.0 Å². The third kappa shape index (κ3) is 4.26. The average molecular weight is 285 g/mol. The van der Waals surface area contributed by atoms with Crippen molar-refractivity contribution in [3.8, 4) is 11.6 Å². The van der Waals surface area contributed by atoms with Gasteiger partial charge in [0.05, 0.1) is 18.1 Å². The van der Waals surface area contributed by atoms with Gasteiger partial charge >= 0.3 is 0 Å². The van der Waals surface area contributed by atoms with Crippen LogP contribution in [0.3, 0.4) is 0 Å². The highest BCUT2D eigenvalue weighted by Crippen LogP contribution is 2.30. The Kier molecular flexibility index (Phi) is 5.69. The molecule has 1 unspecified atom stereocenters. The van der Waals surface area contributed by atoms with Crippen molar-refractivity contribution in [2.75, 3.05) is 6.54 Å². The highest BCUT2D eigenvalue weighted by Gasteiger charge is 2.10. The zero-order valence-electron chi connectivity index (χ0n) is 13.0. The first-order valence-corrected chi connectivity index (χ1v) is 7.53. The van der Waals surface area contributed by atoms with Crippen LogP contribution in [0, 0.1) is 0 Å². The van der Waals surface area contributed by atoms with E-state index in [4.69, 9.17) is 4.74 Å². The van der Waals surface area contributed by atoms with Gasteiger partial charge in [-0.25, -0.2) is 4.98 Å². The highest BCUT2D eigenvalue weighted by molar-refractivity contribution is 5.38. The van der Waals surface area contributed by atoms with Gasteiger partial charge in [0.2, 0.25) is 5.88 Å². The molecule has 0 saturated heterocycles. The lowest BCUT2D eigenvalue weighted by Gasteiger charge is -2.14. The molecule has 2 aromatic rings. The first-order valence-electron chi connectivity index (χ1n) is 7.53. The van der Waals surface area contributed by atoms with Gasteiger partial charge in [-0.3, -0.25) is 4.98 Å². The maximum Gasteiger partial charge on any atom is 0.237 e. The van der Waals surface area contributed by atoms with Gasteiger partial charge in [-0.1, -0.05) is 39.0 Å². The zero-order chi connectivity index (χ0) is 15.1. The molecule has 1 aromatic heterocycles. The molecule has 1 heterocycles. The fourth-order valence-electron chi connectivity index (χ4n) is 2.05. The molecule has 21 heavy (non-hydrogen) atoms. The van der Waals surface area contributed by atoms with Crippen LogP contribution >= 0.6 is 0 Å². The van der Waals surface area contributed by atoms with E-state index in [-0.39, 0.29) is 0 Å². The fraction of sp³-hybridized carbons (Fsp3) is 0.412. The number of aromatic nitrogens is 2. The van der Waals surface area contributed by atoms with Crippen molar-refractivity contribution in [3.63, 3.8) is 0 Å². The molecule has 0 aliphatic rings. The second kappa shape index (κ2) is 7.74. The summed E-state index contributed by atoms with van der Waals surface area (Å²) < 4.78 is 5.90. The lowest BCUT2D eigenvalue weighted by Crippen LogP contribution is -2.13. The Balaban J connectivity index is 2.11. The van der Waals surface area contributed by atoms with Crippen LogP contribution < -0.4 is 10.1 Å². The lowest BCUT2D eigenvalue weighted by molar-refractivity contribution is 0.448. The second-order valence-electron chi connectivity index (χ2n) is 5.08. The van der Waals surface area contributed by atoms with E-state index in [9.17, 15) is 0 Å². The normalized spacial score (nSPS) is 12.1. The van der Waals surface area contributed by atoms with Gasteiger partial charge in [0, 0.05) is 6.54 Å². The minimum Gasteiger partial charge on any atom is -0.437 e. The van der Waals surface area contributed by atoms with Crippen molar-refractivity contribution in [1.29, 1.82) is 0 Å². The number of benzene rings is 1. The molecule has 4 nitrogen and oxygen atoms in total. The number of rotatable bonds is 7. The molecule has 0 fully saturated rings. The standard InChI is InChI=1S/C17H23N3O/c1-4-13(3)15-8-6-7-9-16(15)21-17-12-19-14(11-20-17)10-18-5-2/h6-9,11-13,18H,4-5,10H2,1-3H3. The van der Waals surface area contributed by atoms with E-state index in [1.807, 2.05) is 18.2 Å². The van der Waals surface area contributed by atoms with Crippen molar-refractivity contribution in [2.45, 2.75) is 39.7 Å². The Bertz CT molecular complexity index is 554. The largest absolute Gasteiger partial charge is 0.437 e. The molecule has 112 valence electrons. The van der Waals surface area contributed by atoms with Crippen molar-refractivity contribution < 1.29 is 4.74 Å². The Morgan fingerprint density at radius 2 is 1.95 bits per heavy atom. The second-order valence-corrected chi connectivity index (χ2v) is 5.08. The first-order chi connectivity index (χ1) is 10.2. The minimum absolute atomic E-state index is 0.460. The van der Waals surface area contributed by atoms with E-state index in [1.54, 1.807) is 12.4 Å². The molecule has 0 aliphatic carbocycles. The number of nitrogens with zero attached hydrogens (tertiary/aromatic N) is 2. The summed E-state index contributed by atoms with van der Waals surface area (Å²) in [5.41, 5.74) is 2.12. The first kappa shape index (κ1) is 15.4. The van der Waals surface area contributed by atoms with E-state index >= 15 is 0 Å². The summed E-state index contributed by atoms with van der Waals surface area (Å²) in [7, 11) is 0. The summed E-state index contributed by atoms with van der Waals surface area (Å²) in [5, 5.41) is 3.22. The number of hydrogen-bond acceptors (Lipinski definition) is 4. The van der Waals surface area contributed by atoms with Gasteiger partial charge in [-0.05, 0) is 30.5 Å². The maximum absolute atomic E-state index is 5.90. The van der Waals surface area contributed by atoms with Crippen molar-refractivity contribution in [1.82, 2.24) is 15.3 Å². The van der Waals surface area contributed by atoms with Crippen LogP contribution in [0.2, 0.25) is 0 Å². The molecule has 1 N–H and O–H groups in total. The van der Waals surface area contributed by atoms with Crippen LogP contribution in [-0.4, -0.2) is 16.5 Å². The molecule has 0 amide bonds. The Morgan fingerprint density at radius 1 is 1.14 bits per heavy atom. The van der Waals surface area contributed by atoms with Crippen molar-refractivity contribution in [3.05, 3.63) is 47.9 Å². The predicted octanol–water partition coefficient (Wildman–Crippen LogP) is 3.89. The number of hydrogen-bond donors (Lipinski definition) is 1. The maximum atomic E-state index is 5.90. The third-order valence-electron chi connectivity index (χ3n) is 3.51. The molecular weight excluding hydrogens is 262 g/mol. The van der Waals surface area contributed by atoms with Crippen LogP contribution in [0.4, 0.5) is 0 Å². The minimum atomic E-state index is 0.460. The molecule has 0 saturated carbocycles. The van der Waals surface area contributed by atoms with Crippen LogP contribution in [0.15, 0.2) is 36.7 Å². The van der Waals surface area contributed by atoms with E-state index < -0.39 is 0 Å².